The summed E-state index contributed by atoms with van der Waals surface area (Å²) >= 11 is 0. The Morgan fingerprint density at radius 2 is 1.88 bits per heavy atom. The normalized spacial score (nSPS) is 15.8. The first kappa shape index (κ1) is 21.8. The summed E-state index contributed by atoms with van der Waals surface area (Å²) in [7, 11) is 0. The van der Waals surface area contributed by atoms with Crippen LogP contribution in [0.25, 0.3) is 0 Å². The van der Waals surface area contributed by atoms with Crippen LogP contribution in [-0.2, 0) is 6.54 Å². The Morgan fingerprint density at radius 1 is 1.06 bits per heavy atom. The van der Waals surface area contributed by atoms with Crippen LogP contribution >= 0.6 is 0 Å². The third kappa shape index (κ3) is 4.66. The van der Waals surface area contributed by atoms with Crippen molar-refractivity contribution in [3.63, 3.8) is 0 Å². The number of piperidine rings is 1. The number of benzene rings is 2. The monoisotopic (exact) mass is 457 g/mol. The van der Waals surface area contributed by atoms with Crippen LogP contribution in [-0.4, -0.2) is 43.4 Å². The van der Waals surface area contributed by atoms with Gasteiger partial charge in [0.15, 0.2) is 11.6 Å². The van der Waals surface area contributed by atoms with Crippen LogP contribution in [0.4, 0.5) is 4.39 Å². The van der Waals surface area contributed by atoms with Crippen molar-refractivity contribution >= 4 is 5.91 Å². The Labute approximate surface area is 196 Å². The highest BCUT2D eigenvalue weighted by Crippen LogP contribution is 2.34. The number of imidazole rings is 1. The number of hydrogen-bond acceptors (Lipinski definition) is 5. The lowest BCUT2D eigenvalue weighted by atomic mass is 9.93. The predicted molar refractivity (Wildman–Crippen MR) is 124 cm³/mol. The average molecular weight is 458 g/mol. The van der Waals surface area contributed by atoms with Crippen molar-refractivity contribution in [3.05, 3.63) is 102 Å². The summed E-state index contributed by atoms with van der Waals surface area (Å²) in [5.41, 5.74) is 2.25. The van der Waals surface area contributed by atoms with Crippen molar-refractivity contribution in [2.75, 3.05) is 13.1 Å². The van der Waals surface area contributed by atoms with Crippen LogP contribution in [0.3, 0.4) is 0 Å². The molecule has 7 nitrogen and oxygen atoms in total. The van der Waals surface area contributed by atoms with Gasteiger partial charge in [0, 0.05) is 55.9 Å². The van der Waals surface area contributed by atoms with E-state index in [9.17, 15) is 9.18 Å². The van der Waals surface area contributed by atoms with E-state index in [0.717, 1.165) is 18.4 Å². The Balaban J connectivity index is 1.37. The molecule has 8 heteroatoms. The maximum atomic E-state index is 14.1. The fourth-order valence-electron chi connectivity index (χ4n) is 4.33. The van der Waals surface area contributed by atoms with Crippen molar-refractivity contribution in [2.45, 2.75) is 25.3 Å². The van der Waals surface area contributed by atoms with E-state index in [1.165, 1.54) is 12.3 Å². The van der Waals surface area contributed by atoms with Crippen LogP contribution in [0.5, 0.6) is 11.6 Å². The topological polar surface area (TPSA) is 73.1 Å². The molecule has 0 N–H and O–H groups in total. The van der Waals surface area contributed by atoms with Crippen LogP contribution in [0.1, 0.15) is 40.4 Å². The summed E-state index contributed by atoms with van der Waals surface area (Å²) < 4.78 is 21.9. The summed E-state index contributed by atoms with van der Waals surface area (Å²) in [6.07, 6.45) is 10.1. The minimum atomic E-state index is -0.464. The molecule has 1 aliphatic rings. The summed E-state index contributed by atoms with van der Waals surface area (Å²) in [6, 6.07) is 13.9. The smallest absolute Gasteiger partial charge is 0.254 e. The van der Waals surface area contributed by atoms with Crippen molar-refractivity contribution in [1.29, 1.82) is 0 Å². The average Bonchev–Trinajstić information content (AvgIpc) is 3.39. The molecule has 0 aliphatic carbocycles. The lowest BCUT2D eigenvalue weighted by molar-refractivity contribution is 0.0703. The molecule has 0 radical (unpaired) electrons. The first-order chi connectivity index (χ1) is 16.7. The van der Waals surface area contributed by atoms with Crippen molar-refractivity contribution < 1.29 is 13.9 Å². The van der Waals surface area contributed by atoms with Gasteiger partial charge in [0.2, 0.25) is 5.88 Å². The Kier molecular flexibility index (Phi) is 6.29. The molecule has 3 heterocycles. The highest BCUT2D eigenvalue weighted by molar-refractivity contribution is 5.95. The molecular weight excluding hydrogens is 433 g/mol. The van der Waals surface area contributed by atoms with Crippen molar-refractivity contribution in [2.24, 2.45) is 0 Å². The molecule has 2 aromatic carbocycles. The standard InChI is InChI=1S/C26H24FN5O2/c27-22-9-3-4-10-23(22)34-25-24(29-11-12-30-25)20-7-5-14-32(17-20)26(33)21-8-2-1-6-19(21)16-31-15-13-28-18-31/h1-4,6,8-13,15,18,20H,5,7,14,16-17H2/t20-/m1/s1. The van der Waals surface area contributed by atoms with Gasteiger partial charge in [-0.1, -0.05) is 30.3 Å². The third-order valence-electron chi connectivity index (χ3n) is 5.99. The zero-order valence-electron chi connectivity index (χ0n) is 18.5. The minimum Gasteiger partial charge on any atom is -0.434 e. The number of para-hydroxylation sites is 1. The van der Waals surface area contributed by atoms with Gasteiger partial charge in [0.25, 0.3) is 5.91 Å². The van der Waals surface area contributed by atoms with E-state index in [0.29, 0.717) is 30.9 Å². The second kappa shape index (κ2) is 9.82. The molecule has 1 saturated heterocycles. The maximum absolute atomic E-state index is 14.1. The van der Waals surface area contributed by atoms with Gasteiger partial charge in [0.05, 0.1) is 6.33 Å². The number of nitrogens with zero attached hydrogens (tertiary/aromatic N) is 5. The second-order valence-electron chi connectivity index (χ2n) is 8.26. The molecule has 2 aromatic heterocycles. The zero-order chi connectivity index (χ0) is 23.3. The van der Waals surface area contributed by atoms with Crippen LogP contribution < -0.4 is 4.74 Å². The molecule has 1 atom stereocenters. The molecule has 1 amide bonds. The van der Waals surface area contributed by atoms with Crippen LogP contribution in [0, 0.1) is 5.82 Å². The van der Waals surface area contributed by atoms with Crippen LogP contribution in [0.15, 0.2) is 79.6 Å². The molecule has 34 heavy (non-hydrogen) atoms. The molecule has 172 valence electrons. The van der Waals surface area contributed by atoms with Gasteiger partial charge in [-0.15, -0.1) is 0 Å². The largest absolute Gasteiger partial charge is 0.434 e. The van der Waals surface area contributed by atoms with Crippen molar-refractivity contribution in [3.8, 4) is 11.6 Å². The summed E-state index contributed by atoms with van der Waals surface area (Å²) in [5, 5.41) is 0. The van der Waals surface area contributed by atoms with Gasteiger partial charge in [-0.25, -0.2) is 14.4 Å². The Hall–Kier alpha value is -4.07. The fourth-order valence-corrected chi connectivity index (χ4v) is 4.33. The quantitative estimate of drug-likeness (QED) is 0.421. The Morgan fingerprint density at radius 3 is 2.74 bits per heavy atom. The molecule has 1 aliphatic heterocycles. The van der Waals surface area contributed by atoms with Gasteiger partial charge in [-0.3, -0.25) is 9.78 Å². The number of halogens is 1. The van der Waals surface area contributed by atoms with E-state index in [1.807, 2.05) is 39.9 Å². The molecule has 0 bridgehead atoms. The number of amides is 1. The summed E-state index contributed by atoms with van der Waals surface area (Å²) in [4.78, 5) is 28.3. The number of aromatic nitrogens is 4. The number of ether oxygens (including phenoxy) is 1. The van der Waals surface area contributed by atoms with Gasteiger partial charge in [-0.2, -0.15) is 0 Å². The number of rotatable bonds is 6. The molecule has 1 fully saturated rings. The lowest BCUT2D eigenvalue weighted by Crippen LogP contribution is -2.39. The van der Waals surface area contributed by atoms with Gasteiger partial charge in [0.1, 0.15) is 5.69 Å². The lowest BCUT2D eigenvalue weighted by Gasteiger charge is -2.33. The second-order valence-corrected chi connectivity index (χ2v) is 8.26. The highest BCUT2D eigenvalue weighted by atomic mass is 19.1. The highest BCUT2D eigenvalue weighted by Gasteiger charge is 2.30. The first-order valence-corrected chi connectivity index (χ1v) is 11.3. The molecule has 0 unspecified atom stereocenters. The third-order valence-corrected chi connectivity index (χ3v) is 5.99. The van der Waals surface area contributed by atoms with Crippen molar-refractivity contribution in [1.82, 2.24) is 24.4 Å². The molecule has 5 rings (SSSR count). The molecule has 0 spiro atoms. The maximum Gasteiger partial charge on any atom is 0.254 e. The van der Waals surface area contributed by atoms with Gasteiger partial charge >= 0.3 is 0 Å². The first-order valence-electron chi connectivity index (χ1n) is 11.3. The van der Waals surface area contributed by atoms with Gasteiger partial charge in [-0.05, 0) is 36.6 Å². The van der Waals surface area contributed by atoms with E-state index >= 15 is 0 Å². The summed E-state index contributed by atoms with van der Waals surface area (Å²) in [5.74, 6) is -0.169. The Bertz CT molecular complexity index is 1280. The van der Waals surface area contributed by atoms with Gasteiger partial charge < -0.3 is 14.2 Å². The van der Waals surface area contributed by atoms with E-state index in [4.69, 9.17) is 4.74 Å². The van der Waals surface area contributed by atoms with E-state index < -0.39 is 5.82 Å². The van der Waals surface area contributed by atoms with Crippen LogP contribution in [0.2, 0.25) is 0 Å². The predicted octanol–water partition coefficient (Wildman–Crippen LogP) is 4.67. The zero-order valence-corrected chi connectivity index (χ0v) is 18.5. The van der Waals surface area contributed by atoms with E-state index in [1.54, 1.807) is 36.9 Å². The fraction of sp³-hybridized carbons (Fsp3) is 0.231. The number of carbonyl (C=O) groups excluding carboxylic acids is 1. The molecule has 4 aromatic rings. The number of likely N-dealkylation sites (tertiary alicyclic amines) is 1. The number of carbonyl (C=O) groups is 1. The number of hydrogen-bond donors (Lipinski definition) is 0. The SMILES string of the molecule is O=C(c1ccccc1Cn1ccnc1)N1CCC[C@@H](c2nccnc2Oc2ccccc2F)C1. The minimum absolute atomic E-state index is 0.0131. The van der Waals surface area contributed by atoms with E-state index in [2.05, 4.69) is 15.0 Å². The molecule has 0 saturated carbocycles. The molecular formula is C26H24FN5O2. The van der Waals surface area contributed by atoms with E-state index in [-0.39, 0.29) is 23.5 Å². The summed E-state index contributed by atoms with van der Waals surface area (Å²) in [6.45, 7) is 1.73.